The SMILES string of the molecule is Cc1ccc(CC(C)Nc2cccc(Cl)n2)s1. The summed E-state index contributed by atoms with van der Waals surface area (Å²) in [5.74, 6) is 0.832. The van der Waals surface area contributed by atoms with Crippen LogP contribution in [0.25, 0.3) is 0 Å². The van der Waals surface area contributed by atoms with Crippen LogP contribution >= 0.6 is 22.9 Å². The van der Waals surface area contributed by atoms with Crippen molar-refractivity contribution >= 4 is 28.8 Å². The van der Waals surface area contributed by atoms with Crippen molar-refractivity contribution in [3.8, 4) is 0 Å². The summed E-state index contributed by atoms with van der Waals surface area (Å²) >= 11 is 7.69. The molecule has 1 unspecified atom stereocenters. The second-order valence-electron chi connectivity index (χ2n) is 4.11. The maximum absolute atomic E-state index is 5.84. The first-order valence-electron chi connectivity index (χ1n) is 5.58. The first-order valence-corrected chi connectivity index (χ1v) is 6.77. The lowest BCUT2D eigenvalue weighted by atomic mass is 10.2. The average molecular weight is 267 g/mol. The van der Waals surface area contributed by atoms with Crippen molar-refractivity contribution in [2.24, 2.45) is 0 Å². The molecule has 0 amide bonds. The molecule has 0 aliphatic carbocycles. The quantitative estimate of drug-likeness (QED) is 0.841. The van der Waals surface area contributed by atoms with E-state index in [9.17, 15) is 0 Å². The lowest BCUT2D eigenvalue weighted by molar-refractivity contribution is 0.794. The first-order chi connectivity index (χ1) is 8.13. The molecule has 2 heterocycles. The van der Waals surface area contributed by atoms with Gasteiger partial charge in [0.25, 0.3) is 0 Å². The van der Waals surface area contributed by atoms with Gasteiger partial charge in [0.15, 0.2) is 0 Å². The highest BCUT2D eigenvalue weighted by Crippen LogP contribution is 2.18. The molecule has 0 saturated carbocycles. The molecule has 2 aromatic rings. The zero-order valence-corrected chi connectivity index (χ0v) is 11.5. The minimum absolute atomic E-state index is 0.346. The number of hydrogen-bond acceptors (Lipinski definition) is 3. The van der Waals surface area contributed by atoms with Gasteiger partial charge in [0, 0.05) is 22.2 Å². The van der Waals surface area contributed by atoms with E-state index in [0.717, 1.165) is 12.2 Å². The van der Waals surface area contributed by atoms with Crippen molar-refractivity contribution in [2.75, 3.05) is 5.32 Å². The summed E-state index contributed by atoms with van der Waals surface area (Å²) in [6.07, 6.45) is 1.01. The Kier molecular flexibility index (Phi) is 4.02. The predicted molar refractivity (Wildman–Crippen MR) is 75.1 cm³/mol. The lowest BCUT2D eigenvalue weighted by Gasteiger charge is -2.13. The van der Waals surface area contributed by atoms with Gasteiger partial charge >= 0.3 is 0 Å². The summed E-state index contributed by atoms with van der Waals surface area (Å²) in [6, 6.07) is 10.3. The molecule has 90 valence electrons. The molecule has 0 bridgehead atoms. The second kappa shape index (κ2) is 5.52. The summed E-state index contributed by atoms with van der Waals surface area (Å²) in [5, 5.41) is 3.87. The molecule has 1 atom stereocenters. The maximum Gasteiger partial charge on any atom is 0.131 e. The smallest absolute Gasteiger partial charge is 0.131 e. The predicted octanol–water partition coefficient (Wildman–Crippen LogP) is 4.15. The van der Waals surface area contributed by atoms with Gasteiger partial charge in [-0.3, -0.25) is 0 Å². The zero-order valence-electron chi connectivity index (χ0n) is 9.90. The summed E-state index contributed by atoms with van der Waals surface area (Å²) in [7, 11) is 0. The third-order valence-electron chi connectivity index (χ3n) is 2.41. The van der Waals surface area contributed by atoms with Gasteiger partial charge in [-0.2, -0.15) is 0 Å². The normalized spacial score (nSPS) is 12.4. The fourth-order valence-corrected chi connectivity index (χ4v) is 2.87. The number of halogens is 1. The number of aromatic nitrogens is 1. The van der Waals surface area contributed by atoms with Gasteiger partial charge in [0.2, 0.25) is 0 Å². The summed E-state index contributed by atoms with van der Waals surface area (Å²) in [6.45, 7) is 4.28. The molecule has 2 aromatic heterocycles. The molecule has 1 N–H and O–H groups in total. The van der Waals surface area contributed by atoms with Crippen LogP contribution in [0.2, 0.25) is 5.15 Å². The fourth-order valence-electron chi connectivity index (χ4n) is 1.69. The number of rotatable bonds is 4. The van der Waals surface area contributed by atoms with Crippen LogP contribution in [-0.4, -0.2) is 11.0 Å². The van der Waals surface area contributed by atoms with E-state index in [1.54, 1.807) is 6.07 Å². The lowest BCUT2D eigenvalue weighted by Crippen LogP contribution is -2.18. The Morgan fingerprint density at radius 1 is 1.35 bits per heavy atom. The van der Waals surface area contributed by atoms with Gasteiger partial charge in [-0.1, -0.05) is 17.7 Å². The molecule has 0 spiro atoms. The standard InChI is InChI=1S/C13H15ClN2S/c1-9(8-11-7-6-10(2)17-11)15-13-5-3-4-12(14)16-13/h3-7,9H,8H2,1-2H3,(H,15,16). The molecular formula is C13H15ClN2S. The van der Waals surface area contributed by atoms with Crippen LogP contribution in [0.1, 0.15) is 16.7 Å². The van der Waals surface area contributed by atoms with Crippen LogP contribution in [-0.2, 0) is 6.42 Å². The van der Waals surface area contributed by atoms with Crippen LogP contribution in [0.5, 0.6) is 0 Å². The van der Waals surface area contributed by atoms with E-state index in [2.05, 4.69) is 36.3 Å². The van der Waals surface area contributed by atoms with Gasteiger partial charge in [-0.25, -0.2) is 4.98 Å². The van der Waals surface area contributed by atoms with E-state index >= 15 is 0 Å². The Hall–Kier alpha value is -1.06. The summed E-state index contributed by atoms with van der Waals surface area (Å²) in [4.78, 5) is 6.97. The molecule has 0 aliphatic heterocycles. The van der Waals surface area contributed by atoms with Crippen LogP contribution in [0, 0.1) is 6.92 Å². The average Bonchev–Trinajstić information content (AvgIpc) is 2.63. The van der Waals surface area contributed by atoms with Gasteiger partial charge in [0.1, 0.15) is 11.0 Å². The molecule has 0 fully saturated rings. The Bertz CT molecular complexity index is 496. The van der Waals surface area contributed by atoms with Crippen LogP contribution in [0.15, 0.2) is 30.3 Å². The third kappa shape index (κ3) is 3.72. The van der Waals surface area contributed by atoms with Gasteiger partial charge in [-0.05, 0) is 38.1 Å². The molecule has 4 heteroatoms. The first kappa shape index (κ1) is 12.4. The molecule has 2 nitrogen and oxygen atoms in total. The molecule has 0 saturated heterocycles. The van der Waals surface area contributed by atoms with Crippen LogP contribution < -0.4 is 5.32 Å². The van der Waals surface area contributed by atoms with E-state index < -0.39 is 0 Å². The second-order valence-corrected chi connectivity index (χ2v) is 5.87. The van der Waals surface area contributed by atoms with Crippen LogP contribution in [0.4, 0.5) is 5.82 Å². The minimum atomic E-state index is 0.346. The van der Waals surface area contributed by atoms with Crippen molar-refractivity contribution in [2.45, 2.75) is 26.3 Å². The van der Waals surface area contributed by atoms with Crippen molar-refractivity contribution in [3.63, 3.8) is 0 Å². The van der Waals surface area contributed by atoms with E-state index in [-0.39, 0.29) is 0 Å². The van der Waals surface area contributed by atoms with Crippen molar-refractivity contribution in [1.29, 1.82) is 0 Å². The summed E-state index contributed by atoms with van der Waals surface area (Å²) < 4.78 is 0. The highest BCUT2D eigenvalue weighted by atomic mass is 35.5. The van der Waals surface area contributed by atoms with Gasteiger partial charge in [0.05, 0.1) is 0 Å². The van der Waals surface area contributed by atoms with E-state index in [1.165, 1.54) is 9.75 Å². The third-order valence-corrected chi connectivity index (χ3v) is 3.65. The minimum Gasteiger partial charge on any atom is -0.367 e. The number of nitrogens with zero attached hydrogens (tertiary/aromatic N) is 1. The van der Waals surface area contributed by atoms with Crippen molar-refractivity contribution < 1.29 is 0 Å². The highest BCUT2D eigenvalue weighted by Gasteiger charge is 2.06. The van der Waals surface area contributed by atoms with E-state index in [0.29, 0.717) is 11.2 Å². The molecule has 0 aromatic carbocycles. The number of pyridine rings is 1. The molecular weight excluding hydrogens is 252 g/mol. The van der Waals surface area contributed by atoms with E-state index in [4.69, 9.17) is 11.6 Å². The molecule has 2 rings (SSSR count). The Labute approximate surface area is 111 Å². The fraction of sp³-hybridized carbons (Fsp3) is 0.308. The largest absolute Gasteiger partial charge is 0.367 e. The van der Waals surface area contributed by atoms with Gasteiger partial charge < -0.3 is 5.32 Å². The number of thiophene rings is 1. The Balaban J connectivity index is 1.95. The van der Waals surface area contributed by atoms with Crippen molar-refractivity contribution in [3.05, 3.63) is 45.2 Å². The monoisotopic (exact) mass is 266 g/mol. The van der Waals surface area contributed by atoms with E-state index in [1.807, 2.05) is 23.5 Å². The molecule has 17 heavy (non-hydrogen) atoms. The topological polar surface area (TPSA) is 24.9 Å². The maximum atomic E-state index is 5.84. The molecule has 0 aliphatic rings. The zero-order chi connectivity index (χ0) is 12.3. The van der Waals surface area contributed by atoms with Crippen molar-refractivity contribution in [1.82, 2.24) is 4.98 Å². The number of anilines is 1. The van der Waals surface area contributed by atoms with Crippen LogP contribution in [0.3, 0.4) is 0 Å². The highest BCUT2D eigenvalue weighted by molar-refractivity contribution is 7.11. The van der Waals surface area contributed by atoms with Gasteiger partial charge in [-0.15, -0.1) is 11.3 Å². The number of nitrogens with one attached hydrogen (secondary N) is 1. The molecule has 0 radical (unpaired) electrons. The number of aryl methyl sites for hydroxylation is 1. The summed E-state index contributed by atoms with van der Waals surface area (Å²) in [5.41, 5.74) is 0. The number of hydrogen-bond donors (Lipinski definition) is 1. The Morgan fingerprint density at radius 2 is 2.18 bits per heavy atom. The Morgan fingerprint density at radius 3 is 2.82 bits per heavy atom.